The molecule has 24 nitrogen and oxygen atoms in total. The van der Waals surface area contributed by atoms with Crippen LogP contribution in [0.25, 0.3) is 16.9 Å². The lowest BCUT2D eigenvalue weighted by atomic mass is 9.70. The number of aromatic nitrogens is 8. The van der Waals surface area contributed by atoms with E-state index in [1.165, 1.54) is 64.2 Å². The van der Waals surface area contributed by atoms with Gasteiger partial charge in [-0.25, -0.2) is 38.5 Å². The Balaban J connectivity index is 0.000000230. The number of alkyl carbamates (subject to hydrolysis) is 2. The molecular weight excluding hydrogens is 1430 g/mol. The molecule has 34 heteroatoms. The van der Waals surface area contributed by atoms with Gasteiger partial charge in [0.15, 0.2) is 0 Å². The van der Waals surface area contributed by atoms with Gasteiger partial charge < -0.3 is 59.8 Å². The number of ether oxygens (including phenoxy) is 6. The number of anilines is 2. The molecule has 104 heavy (non-hydrogen) atoms. The van der Waals surface area contributed by atoms with Crippen LogP contribution in [0.2, 0.25) is 15.2 Å². The first-order valence-electron chi connectivity index (χ1n) is 33.5. The van der Waals surface area contributed by atoms with Crippen LogP contribution < -0.4 is 31.6 Å². The minimum atomic E-state index is -4.84. The zero-order valence-electron chi connectivity index (χ0n) is 60.2. The SMILES string of the molecule is CCOC(=O)[C@H](CC1CC=C(B2OC(C)(C)C(C)(C)O2)CC1)NC(=O)OC(C)(C)C.CCOC(=O)[C@H](CC1CC=C(c2cc(O[C@H](c3ccc(Cl)cc3-n3ccc(C)n3)C(F)(F)F)nc(N)n2)CC1)NC(=O)OC(C)(C)C.Cc1ccn(-c2cc(Cl)ccc2[C@@H](Oc2cc(Cl)nc(N)n2)C(F)(F)F)n1. The van der Waals surface area contributed by atoms with E-state index in [9.17, 15) is 45.5 Å². The lowest BCUT2D eigenvalue weighted by molar-refractivity contribution is -0.199. The Morgan fingerprint density at radius 1 is 0.615 bits per heavy atom. The van der Waals surface area contributed by atoms with E-state index in [2.05, 4.69) is 46.8 Å². The van der Waals surface area contributed by atoms with Crippen LogP contribution in [-0.2, 0) is 37.8 Å². The number of aryl methyl sites for hydroxylation is 2. The van der Waals surface area contributed by atoms with Gasteiger partial charge in [-0.2, -0.15) is 46.5 Å². The summed E-state index contributed by atoms with van der Waals surface area (Å²) in [7, 11) is -0.323. The van der Waals surface area contributed by atoms with Gasteiger partial charge in [-0.15, -0.1) is 0 Å². The second-order valence-electron chi connectivity index (χ2n) is 27.9. The second-order valence-corrected chi connectivity index (χ2v) is 29.1. The predicted molar refractivity (Wildman–Crippen MR) is 379 cm³/mol. The molecule has 0 saturated carbocycles. The Morgan fingerprint density at radius 2 is 1.04 bits per heavy atom. The molecule has 4 aromatic heterocycles. The number of hydrogen-bond acceptors (Lipinski definition) is 20. The van der Waals surface area contributed by atoms with Crippen LogP contribution in [0.3, 0.4) is 0 Å². The number of allylic oxidation sites excluding steroid dienone is 4. The molecule has 0 bridgehead atoms. The number of carbonyl (C=O) groups excluding carboxylic acids is 4. The minimum Gasteiger partial charge on any atom is -0.464 e. The van der Waals surface area contributed by atoms with E-state index in [0.717, 1.165) is 36.4 Å². The summed E-state index contributed by atoms with van der Waals surface area (Å²) in [5, 5.41) is 14.0. The first kappa shape index (κ1) is 82.9. The Morgan fingerprint density at radius 3 is 1.40 bits per heavy atom. The number of nitrogens with one attached hydrogen (secondary N) is 2. The monoisotopic (exact) mass is 1520 g/mol. The summed E-state index contributed by atoms with van der Waals surface area (Å²) in [5.41, 5.74) is 12.5. The fraction of sp³-hybridized carbons (Fsp3) is 0.514. The van der Waals surface area contributed by atoms with Crippen molar-refractivity contribution in [2.24, 2.45) is 11.8 Å². The maximum atomic E-state index is 14.5. The van der Waals surface area contributed by atoms with E-state index in [4.69, 9.17) is 84.0 Å². The Kier molecular flexibility index (Phi) is 27.6. The molecule has 6 N–H and O–H groups in total. The number of amides is 2. The van der Waals surface area contributed by atoms with Gasteiger partial charge in [0.2, 0.25) is 35.9 Å². The van der Waals surface area contributed by atoms with E-state index in [1.807, 2.05) is 33.8 Å². The molecule has 9 rings (SSSR count). The highest BCUT2D eigenvalue weighted by molar-refractivity contribution is 6.54. The maximum absolute atomic E-state index is 14.5. The van der Waals surface area contributed by atoms with Crippen LogP contribution in [0.4, 0.5) is 47.8 Å². The van der Waals surface area contributed by atoms with Gasteiger partial charge in [-0.3, -0.25) is 0 Å². The predicted octanol–water partition coefficient (Wildman–Crippen LogP) is 15.7. The molecule has 6 aromatic rings. The van der Waals surface area contributed by atoms with Gasteiger partial charge in [0.25, 0.3) is 0 Å². The van der Waals surface area contributed by atoms with Gasteiger partial charge in [0.1, 0.15) is 28.4 Å². The van der Waals surface area contributed by atoms with Crippen LogP contribution in [-0.4, -0.2) is 131 Å². The molecule has 6 atom stereocenters. The molecule has 2 aromatic carbocycles. The molecule has 2 unspecified atom stereocenters. The molecule has 0 spiro atoms. The van der Waals surface area contributed by atoms with E-state index in [0.29, 0.717) is 49.2 Å². The van der Waals surface area contributed by atoms with Gasteiger partial charge in [0, 0.05) is 45.7 Å². The first-order chi connectivity index (χ1) is 48.4. The summed E-state index contributed by atoms with van der Waals surface area (Å²) in [4.78, 5) is 65.0. The highest BCUT2D eigenvalue weighted by Crippen LogP contribution is 2.44. The van der Waals surface area contributed by atoms with Crippen LogP contribution in [0.1, 0.15) is 175 Å². The molecule has 1 fully saturated rings. The van der Waals surface area contributed by atoms with Crippen molar-refractivity contribution in [3.05, 3.63) is 134 Å². The molecule has 1 saturated heterocycles. The summed E-state index contributed by atoms with van der Waals surface area (Å²) < 4.78 is 131. The minimum absolute atomic E-state index is 0.0122. The molecule has 1 aliphatic heterocycles. The highest BCUT2D eigenvalue weighted by Gasteiger charge is 2.53. The van der Waals surface area contributed by atoms with Gasteiger partial charge in [0.05, 0.1) is 52.9 Å². The van der Waals surface area contributed by atoms with Crippen molar-refractivity contribution in [2.45, 2.75) is 207 Å². The molecule has 566 valence electrons. The topological polar surface area (TPSA) is 305 Å². The fourth-order valence-electron chi connectivity index (χ4n) is 11.1. The highest BCUT2D eigenvalue weighted by atomic mass is 35.5. The van der Waals surface area contributed by atoms with Gasteiger partial charge in [-0.1, -0.05) is 59.1 Å². The van der Waals surface area contributed by atoms with Crippen LogP contribution in [0.5, 0.6) is 11.8 Å². The second kappa shape index (κ2) is 34.7. The zero-order chi connectivity index (χ0) is 77.0. The van der Waals surface area contributed by atoms with Crippen molar-refractivity contribution in [3.63, 3.8) is 0 Å². The summed E-state index contributed by atoms with van der Waals surface area (Å²) >= 11 is 17.8. The molecule has 2 amide bonds. The van der Waals surface area contributed by atoms with Crippen molar-refractivity contribution >= 4 is 83.5 Å². The third-order valence-corrected chi connectivity index (χ3v) is 17.3. The average molecular weight is 1520 g/mol. The number of alkyl halides is 6. The van der Waals surface area contributed by atoms with Crippen molar-refractivity contribution in [1.29, 1.82) is 0 Å². The van der Waals surface area contributed by atoms with E-state index in [-0.39, 0.29) is 98.8 Å². The van der Waals surface area contributed by atoms with Crippen molar-refractivity contribution in [2.75, 3.05) is 24.7 Å². The number of nitrogens with zero attached hydrogens (tertiary/aromatic N) is 8. The number of nitrogen functional groups attached to an aromatic ring is 2. The van der Waals surface area contributed by atoms with Crippen molar-refractivity contribution < 1.29 is 83.3 Å². The summed E-state index contributed by atoms with van der Waals surface area (Å²) in [6.07, 6.45) is -3.72. The zero-order valence-corrected chi connectivity index (χ0v) is 62.5. The number of nitrogens with two attached hydrogens (primary N) is 2. The summed E-state index contributed by atoms with van der Waals surface area (Å²) in [6, 6.07) is 11.9. The Bertz CT molecular complexity index is 4010. The number of benzene rings is 2. The largest absolute Gasteiger partial charge is 0.490 e. The number of hydrogen-bond donors (Lipinski definition) is 4. The number of halogens is 9. The molecule has 3 aliphatic rings. The molecular formula is C70H88BCl3F6N12O12. The number of rotatable bonds is 20. The third-order valence-electron chi connectivity index (χ3n) is 16.6. The summed E-state index contributed by atoms with van der Waals surface area (Å²) in [5.74, 6) is -2.09. The fourth-order valence-corrected chi connectivity index (χ4v) is 11.6. The molecule has 5 heterocycles. The van der Waals surface area contributed by atoms with Crippen LogP contribution in [0.15, 0.2) is 90.7 Å². The third kappa shape index (κ3) is 24.1. The molecule has 2 aliphatic carbocycles. The smallest absolute Gasteiger partial charge is 0.464 e. The van der Waals surface area contributed by atoms with Gasteiger partial charge in [-0.05, 0) is 208 Å². The van der Waals surface area contributed by atoms with Gasteiger partial charge >= 0.3 is 43.6 Å². The van der Waals surface area contributed by atoms with E-state index in [1.54, 1.807) is 81.4 Å². The van der Waals surface area contributed by atoms with Crippen molar-refractivity contribution in [3.8, 4) is 23.1 Å². The van der Waals surface area contributed by atoms with E-state index < -0.39 is 77.9 Å². The van der Waals surface area contributed by atoms with Crippen LogP contribution in [0, 0.1) is 25.7 Å². The summed E-state index contributed by atoms with van der Waals surface area (Å²) in [6.45, 7) is 26.0. The lowest BCUT2D eigenvalue weighted by Gasteiger charge is -2.32. The average Bonchev–Trinajstić information content (AvgIpc) is 1.54. The first-order valence-corrected chi connectivity index (χ1v) is 34.6. The number of esters is 2. The molecule has 0 radical (unpaired) electrons. The normalized spacial score (nSPS) is 17.7. The van der Waals surface area contributed by atoms with E-state index >= 15 is 0 Å². The van der Waals surface area contributed by atoms with Crippen LogP contribution >= 0.6 is 34.8 Å². The lowest BCUT2D eigenvalue weighted by Crippen LogP contribution is -2.45. The Labute approximate surface area is 615 Å². The number of carbonyl (C=O) groups is 4. The maximum Gasteiger partial charge on any atom is 0.490 e. The van der Waals surface area contributed by atoms with Crippen molar-refractivity contribution in [1.82, 2.24) is 50.1 Å². The Hall–Kier alpha value is -8.39. The quantitative estimate of drug-likeness (QED) is 0.0181. The standard InChI is InChI=1S/C32H38ClF3N6O5.C22H38BNO6.C16H12Cl2F3N5O/c1-6-45-28(43)24(39-30(44)47-31(3,4)5)15-19-7-9-20(10-8-19)23-17-26(40-29(37)38-23)46-27(32(34,35)36)22-12-11-21(33)16-25(22)42-14-13-18(2)41-42;1-9-27-18(25)17(24-19(26)28-20(2,3)4)14-15-10-12-16(13-11-15)23-29-21(5,6)22(7,8)30-23;1-8-4-5-26(25-8)11-6-9(17)2-3-10(11)14(16(19,20)21)27-13-7-12(18)23-15(22)24-13/h9,11-14,16-17,19,24,27H,6-8,10,15H2,1-5H3,(H,39,44)(H2,37,38,40);12,15,17H,9-11,13-14H2,1-8H3,(H,24,26);2-7,14H,1H3,(H2,22,23,24)/t19?,24-,27+;15?,17-;14-/m001/s1.